The number of benzene rings is 1. The Morgan fingerprint density at radius 1 is 1.41 bits per heavy atom. The third kappa shape index (κ3) is 3.91. The molecule has 1 aromatic rings. The standard InChI is InChI=1S/C17H27N3O2/c1-12-9-15(20(3)4)8-5-13(12)10-18-16(22)19-17(2,11-21)14-6-7-14/h5,8-9,14,21H,6-7,10-11H2,1-4H3,(H2,18,19,22). The van der Waals surface area contributed by atoms with E-state index in [-0.39, 0.29) is 12.6 Å². The number of nitrogens with zero attached hydrogens (tertiary/aromatic N) is 1. The van der Waals surface area contributed by atoms with Gasteiger partial charge in [0.05, 0.1) is 12.1 Å². The van der Waals surface area contributed by atoms with Crippen LogP contribution in [0.3, 0.4) is 0 Å². The number of urea groups is 1. The van der Waals surface area contributed by atoms with E-state index in [2.05, 4.69) is 21.6 Å². The zero-order chi connectivity index (χ0) is 16.3. The van der Waals surface area contributed by atoms with E-state index in [1.165, 1.54) is 0 Å². The smallest absolute Gasteiger partial charge is 0.315 e. The van der Waals surface area contributed by atoms with Crippen molar-refractivity contribution in [2.24, 2.45) is 5.92 Å². The molecule has 0 aliphatic heterocycles. The van der Waals surface area contributed by atoms with Crippen molar-refractivity contribution in [2.45, 2.75) is 38.8 Å². The number of amides is 2. The van der Waals surface area contributed by atoms with Crippen molar-refractivity contribution < 1.29 is 9.90 Å². The molecular formula is C17H27N3O2. The summed E-state index contributed by atoms with van der Waals surface area (Å²) in [5.41, 5.74) is 2.89. The average molecular weight is 305 g/mol. The number of carbonyl (C=O) groups excluding carboxylic acids is 1. The molecule has 0 saturated heterocycles. The fourth-order valence-corrected chi connectivity index (χ4v) is 2.63. The number of anilines is 1. The van der Waals surface area contributed by atoms with E-state index in [4.69, 9.17) is 0 Å². The van der Waals surface area contributed by atoms with Crippen molar-refractivity contribution in [2.75, 3.05) is 25.6 Å². The Balaban J connectivity index is 1.91. The fourth-order valence-electron chi connectivity index (χ4n) is 2.63. The van der Waals surface area contributed by atoms with Gasteiger partial charge < -0.3 is 20.6 Å². The van der Waals surface area contributed by atoms with Crippen LogP contribution in [0, 0.1) is 12.8 Å². The van der Waals surface area contributed by atoms with Gasteiger partial charge in [0.2, 0.25) is 0 Å². The second-order valence-electron chi connectivity index (χ2n) is 6.66. The van der Waals surface area contributed by atoms with E-state index in [1.54, 1.807) is 0 Å². The molecule has 1 atom stereocenters. The molecule has 1 unspecified atom stereocenters. The summed E-state index contributed by atoms with van der Waals surface area (Å²) in [6, 6.07) is 5.97. The highest BCUT2D eigenvalue weighted by Crippen LogP contribution is 2.39. The van der Waals surface area contributed by atoms with Crippen LogP contribution in [0.1, 0.15) is 30.9 Å². The Morgan fingerprint density at radius 3 is 2.59 bits per heavy atom. The monoisotopic (exact) mass is 305 g/mol. The molecule has 1 saturated carbocycles. The summed E-state index contributed by atoms with van der Waals surface area (Å²) in [5, 5.41) is 15.3. The third-order valence-corrected chi connectivity index (χ3v) is 4.49. The van der Waals surface area contributed by atoms with E-state index in [9.17, 15) is 9.90 Å². The Bertz CT molecular complexity index is 541. The van der Waals surface area contributed by atoms with Crippen LogP contribution < -0.4 is 15.5 Å². The molecule has 2 amide bonds. The molecule has 2 rings (SSSR count). The van der Waals surface area contributed by atoms with E-state index in [1.807, 2.05) is 40.1 Å². The molecule has 22 heavy (non-hydrogen) atoms. The van der Waals surface area contributed by atoms with Gasteiger partial charge in [-0.25, -0.2) is 4.79 Å². The van der Waals surface area contributed by atoms with E-state index >= 15 is 0 Å². The molecule has 1 aliphatic rings. The minimum atomic E-state index is -0.506. The lowest BCUT2D eigenvalue weighted by atomic mass is 9.97. The molecule has 1 aliphatic carbocycles. The van der Waals surface area contributed by atoms with Gasteiger partial charge in [0.15, 0.2) is 0 Å². The summed E-state index contributed by atoms with van der Waals surface area (Å²) in [6.45, 7) is 4.41. The van der Waals surface area contributed by atoms with Crippen LogP contribution in [0.15, 0.2) is 18.2 Å². The van der Waals surface area contributed by atoms with Crippen LogP contribution in [-0.4, -0.2) is 37.4 Å². The number of hydrogen-bond acceptors (Lipinski definition) is 3. The van der Waals surface area contributed by atoms with Crippen molar-refractivity contribution in [3.63, 3.8) is 0 Å². The molecule has 0 heterocycles. The molecule has 0 radical (unpaired) electrons. The Kier molecular flexibility index (Phi) is 4.96. The highest BCUT2D eigenvalue weighted by Gasteiger charge is 2.42. The molecule has 0 aromatic heterocycles. The minimum absolute atomic E-state index is 0.0261. The first-order chi connectivity index (χ1) is 10.4. The maximum absolute atomic E-state index is 12.1. The number of rotatable bonds is 6. The van der Waals surface area contributed by atoms with Crippen LogP contribution in [0.4, 0.5) is 10.5 Å². The number of aliphatic hydroxyl groups is 1. The van der Waals surface area contributed by atoms with Gasteiger partial charge in [0.25, 0.3) is 0 Å². The normalized spacial score (nSPS) is 16.8. The highest BCUT2D eigenvalue weighted by atomic mass is 16.3. The lowest BCUT2D eigenvalue weighted by Crippen LogP contribution is -2.53. The van der Waals surface area contributed by atoms with E-state index < -0.39 is 5.54 Å². The number of aliphatic hydroxyl groups excluding tert-OH is 1. The topological polar surface area (TPSA) is 64.6 Å². The Hall–Kier alpha value is -1.75. The van der Waals surface area contributed by atoms with Crippen LogP contribution in [0.5, 0.6) is 0 Å². The largest absolute Gasteiger partial charge is 0.394 e. The molecule has 0 spiro atoms. The molecule has 5 heteroatoms. The van der Waals surface area contributed by atoms with Crippen LogP contribution in [-0.2, 0) is 6.54 Å². The Labute approximate surface area is 132 Å². The predicted molar refractivity (Wildman–Crippen MR) is 89.1 cm³/mol. The summed E-state index contributed by atoms with van der Waals surface area (Å²) in [4.78, 5) is 14.1. The van der Waals surface area contributed by atoms with Crippen molar-refractivity contribution >= 4 is 11.7 Å². The summed E-state index contributed by atoms with van der Waals surface area (Å²) >= 11 is 0. The summed E-state index contributed by atoms with van der Waals surface area (Å²) in [5.74, 6) is 0.393. The molecule has 0 bridgehead atoms. The third-order valence-electron chi connectivity index (χ3n) is 4.49. The van der Waals surface area contributed by atoms with Crippen LogP contribution >= 0.6 is 0 Å². The number of carbonyl (C=O) groups is 1. The molecule has 1 aromatic carbocycles. The zero-order valence-corrected chi connectivity index (χ0v) is 13.9. The first kappa shape index (κ1) is 16.6. The Morgan fingerprint density at radius 2 is 2.09 bits per heavy atom. The second-order valence-corrected chi connectivity index (χ2v) is 6.66. The maximum atomic E-state index is 12.1. The fraction of sp³-hybridized carbons (Fsp3) is 0.588. The van der Waals surface area contributed by atoms with Gasteiger partial charge >= 0.3 is 6.03 Å². The lowest BCUT2D eigenvalue weighted by Gasteiger charge is -2.28. The lowest BCUT2D eigenvalue weighted by molar-refractivity contribution is 0.155. The van der Waals surface area contributed by atoms with Crippen molar-refractivity contribution in [3.05, 3.63) is 29.3 Å². The van der Waals surface area contributed by atoms with Crippen molar-refractivity contribution in [1.82, 2.24) is 10.6 Å². The first-order valence-electron chi connectivity index (χ1n) is 7.79. The molecular weight excluding hydrogens is 278 g/mol. The summed E-state index contributed by atoms with van der Waals surface area (Å²) < 4.78 is 0. The minimum Gasteiger partial charge on any atom is -0.394 e. The zero-order valence-electron chi connectivity index (χ0n) is 13.9. The van der Waals surface area contributed by atoms with Gasteiger partial charge in [-0.15, -0.1) is 0 Å². The van der Waals surface area contributed by atoms with Crippen LogP contribution in [0.25, 0.3) is 0 Å². The van der Waals surface area contributed by atoms with Crippen LogP contribution in [0.2, 0.25) is 0 Å². The quantitative estimate of drug-likeness (QED) is 0.753. The van der Waals surface area contributed by atoms with Crippen molar-refractivity contribution in [3.8, 4) is 0 Å². The number of nitrogens with one attached hydrogen (secondary N) is 2. The van der Waals surface area contributed by atoms with E-state index in [0.29, 0.717) is 12.5 Å². The number of aryl methyl sites for hydroxylation is 1. The van der Waals surface area contributed by atoms with Gasteiger partial charge in [0.1, 0.15) is 0 Å². The maximum Gasteiger partial charge on any atom is 0.315 e. The molecule has 5 nitrogen and oxygen atoms in total. The first-order valence-corrected chi connectivity index (χ1v) is 7.79. The predicted octanol–water partition coefficient (Wildman–Crippen LogP) is 2.02. The van der Waals surface area contributed by atoms with Gasteiger partial charge in [-0.1, -0.05) is 6.07 Å². The summed E-state index contributed by atoms with van der Waals surface area (Å²) in [7, 11) is 4.02. The van der Waals surface area contributed by atoms with Gasteiger partial charge in [-0.05, 0) is 55.9 Å². The molecule has 3 N–H and O–H groups in total. The molecule has 1 fully saturated rings. The number of hydrogen-bond donors (Lipinski definition) is 3. The van der Waals surface area contributed by atoms with Gasteiger partial charge in [-0.3, -0.25) is 0 Å². The van der Waals surface area contributed by atoms with Gasteiger partial charge in [0, 0.05) is 26.3 Å². The highest BCUT2D eigenvalue weighted by molar-refractivity contribution is 5.75. The van der Waals surface area contributed by atoms with Crippen molar-refractivity contribution in [1.29, 1.82) is 0 Å². The SMILES string of the molecule is Cc1cc(N(C)C)ccc1CNC(=O)NC(C)(CO)C1CC1. The van der Waals surface area contributed by atoms with Gasteiger partial charge in [-0.2, -0.15) is 0 Å². The second kappa shape index (κ2) is 6.57. The average Bonchev–Trinajstić information content (AvgIpc) is 3.30. The molecule has 122 valence electrons. The van der Waals surface area contributed by atoms with E-state index in [0.717, 1.165) is 29.7 Å². The summed E-state index contributed by atoms with van der Waals surface area (Å²) in [6.07, 6.45) is 2.14.